The van der Waals surface area contributed by atoms with Crippen LogP contribution in [0.5, 0.6) is 0 Å². The molecular weight excluding hydrogens is 328 g/mol. The van der Waals surface area contributed by atoms with Gasteiger partial charge in [0.15, 0.2) is 0 Å². The normalized spacial score (nSPS) is 32.1. The smallest absolute Gasteiger partial charge is 0.309 e. The second kappa shape index (κ2) is 5.93. The highest BCUT2D eigenvalue weighted by Gasteiger charge is 2.51. The molecule has 0 aromatic carbocycles. The summed E-state index contributed by atoms with van der Waals surface area (Å²) < 4.78 is 7.16. The molecule has 4 fully saturated rings. The van der Waals surface area contributed by atoms with Gasteiger partial charge in [-0.1, -0.05) is 6.07 Å². The van der Waals surface area contributed by atoms with Crippen LogP contribution in [0.3, 0.4) is 0 Å². The van der Waals surface area contributed by atoms with Crippen LogP contribution in [0.1, 0.15) is 43.4 Å². The number of aromatic nitrogens is 2. The highest BCUT2D eigenvalue weighted by atomic mass is 16.5. The maximum atomic E-state index is 12.8. The zero-order valence-corrected chi connectivity index (χ0v) is 15.1. The van der Waals surface area contributed by atoms with Crippen molar-refractivity contribution in [2.24, 2.45) is 29.6 Å². The average molecular weight is 352 g/mol. The summed E-state index contributed by atoms with van der Waals surface area (Å²) in [5, 5.41) is 0. The topological polar surface area (TPSA) is 60.7 Å². The molecule has 4 aliphatic carbocycles. The third-order valence-electron chi connectivity index (χ3n) is 6.72. The lowest BCUT2D eigenvalue weighted by molar-refractivity contribution is -0.163. The highest BCUT2D eigenvalue weighted by Crippen LogP contribution is 2.56. The minimum atomic E-state index is -0.139. The molecule has 2 aromatic rings. The molecule has 2 aromatic heterocycles. The Kier molecular flexibility index (Phi) is 3.66. The fourth-order valence-electron chi connectivity index (χ4n) is 5.88. The SMILES string of the molecule is Cc1ccc2nc(COC(=O)C3C4CC5CC(C4)CC3C5)cc(=O)n2c1. The first-order valence-electron chi connectivity index (χ1n) is 9.72. The van der Waals surface area contributed by atoms with Crippen molar-refractivity contribution >= 4 is 11.6 Å². The molecule has 5 nitrogen and oxygen atoms in total. The molecule has 26 heavy (non-hydrogen) atoms. The zero-order valence-electron chi connectivity index (χ0n) is 15.1. The largest absolute Gasteiger partial charge is 0.459 e. The summed E-state index contributed by atoms with van der Waals surface area (Å²) in [6.45, 7) is 2.02. The van der Waals surface area contributed by atoms with E-state index in [9.17, 15) is 9.59 Å². The van der Waals surface area contributed by atoms with E-state index in [0.717, 1.165) is 17.4 Å². The van der Waals surface area contributed by atoms with Crippen LogP contribution < -0.4 is 5.56 Å². The van der Waals surface area contributed by atoms with E-state index in [4.69, 9.17) is 4.74 Å². The molecule has 0 aliphatic heterocycles. The van der Waals surface area contributed by atoms with Crippen molar-refractivity contribution in [1.82, 2.24) is 9.38 Å². The van der Waals surface area contributed by atoms with Gasteiger partial charge in [0.05, 0.1) is 11.6 Å². The quantitative estimate of drug-likeness (QED) is 0.797. The number of pyridine rings is 1. The molecule has 5 heteroatoms. The van der Waals surface area contributed by atoms with Crippen LogP contribution in [-0.4, -0.2) is 15.4 Å². The van der Waals surface area contributed by atoms with Gasteiger partial charge in [0, 0.05) is 12.3 Å². The Morgan fingerprint density at radius 2 is 1.85 bits per heavy atom. The van der Waals surface area contributed by atoms with Crippen molar-refractivity contribution in [3.05, 3.63) is 46.0 Å². The third-order valence-corrected chi connectivity index (χ3v) is 6.72. The summed E-state index contributed by atoms with van der Waals surface area (Å²) in [5.74, 6) is 2.69. The second-order valence-corrected chi connectivity index (χ2v) is 8.58. The maximum Gasteiger partial charge on any atom is 0.309 e. The lowest BCUT2D eigenvalue weighted by atomic mass is 9.52. The van der Waals surface area contributed by atoms with Crippen molar-refractivity contribution < 1.29 is 9.53 Å². The molecule has 0 radical (unpaired) electrons. The van der Waals surface area contributed by atoms with E-state index in [2.05, 4.69) is 4.98 Å². The number of aryl methyl sites for hydroxylation is 1. The average Bonchev–Trinajstić information content (AvgIpc) is 2.60. The predicted molar refractivity (Wildman–Crippen MR) is 96.5 cm³/mol. The van der Waals surface area contributed by atoms with E-state index in [1.165, 1.54) is 42.6 Å². The standard InChI is InChI=1S/C21H24N2O3/c1-12-2-3-18-22-17(9-19(24)23(18)10-12)11-26-21(25)20-15-5-13-4-14(7-15)8-16(20)6-13/h2-3,9-10,13-16,20H,4-8,11H2,1H3. The number of carbonyl (C=O) groups excluding carboxylic acids is 1. The van der Waals surface area contributed by atoms with Gasteiger partial charge in [0.25, 0.3) is 5.56 Å². The van der Waals surface area contributed by atoms with Gasteiger partial charge in [-0.2, -0.15) is 0 Å². The minimum Gasteiger partial charge on any atom is -0.459 e. The van der Waals surface area contributed by atoms with Crippen LogP contribution in [-0.2, 0) is 16.1 Å². The van der Waals surface area contributed by atoms with Crippen molar-refractivity contribution in [2.75, 3.05) is 0 Å². The lowest BCUT2D eigenvalue weighted by Gasteiger charge is -2.53. The number of fused-ring (bicyclic) bond motifs is 1. The van der Waals surface area contributed by atoms with E-state index in [0.29, 0.717) is 23.2 Å². The fourth-order valence-corrected chi connectivity index (χ4v) is 5.88. The summed E-state index contributed by atoms with van der Waals surface area (Å²) in [6, 6.07) is 5.21. The van der Waals surface area contributed by atoms with E-state index in [1.54, 1.807) is 6.20 Å². The molecule has 0 N–H and O–H groups in total. The van der Waals surface area contributed by atoms with Crippen LogP contribution in [0.2, 0.25) is 0 Å². The summed E-state index contributed by atoms with van der Waals surface area (Å²) in [4.78, 5) is 29.5. The number of carbonyl (C=O) groups is 1. The van der Waals surface area contributed by atoms with Gasteiger partial charge in [0.1, 0.15) is 12.3 Å². The molecule has 0 atom stereocenters. The molecule has 4 aliphatic rings. The molecule has 136 valence electrons. The zero-order chi connectivity index (χ0) is 17.8. The van der Waals surface area contributed by atoms with Crippen LogP contribution >= 0.6 is 0 Å². The Bertz CT molecular complexity index is 904. The summed E-state index contributed by atoms with van der Waals surface area (Å²) >= 11 is 0. The number of esters is 1. The Labute approximate surface area is 152 Å². The fraction of sp³-hybridized carbons (Fsp3) is 0.571. The Hall–Kier alpha value is -2.17. The first-order chi connectivity index (χ1) is 12.6. The van der Waals surface area contributed by atoms with Crippen molar-refractivity contribution in [3.8, 4) is 0 Å². The van der Waals surface area contributed by atoms with Crippen molar-refractivity contribution in [3.63, 3.8) is 0 Å². The molecule has 0 amide bonds. The maximum absolute atomic E-state index is 12.8. The molecule has 4 bridgehead atoms. The molecule has 4 saturated carbocycles. The lowest BCUT2D eigenvalue weighted by Crippen LogP contribution is -2.48. The van der Waals surface area contributed by atoms with Gasteiger partial charge >= 0.3 is 5.97 Å². The molecule has 0 spiro atoms. The Balaban J connectivity index is 1.32. The molecule has 0 unspecified atom stereocenters. The Morgan fingerprint density at radius 3 is 2.54 bits per heavy atom. The minimum absolute atomic E-state index is 0.0620. The molecule has 0 saturated heterocycles. The molecule has 6 rings (SSSR count). The number of nitrogens with zero attached hydrogens (tertiary/aromatic N) is 2. The first-order valence-corrected chi connectivity index (χ1v) is 9.72. The monoisotopic (exact) mass is 352 g/mol. The van der Waals surface area contributed by atoms with E-state index >= 15 is 0 Å². The number of hydrogen-bond acceptors (Lipinski definition) is 4. The van der Waals surface area contributed by atoms with Crippen molar-refractivity contribution in [1.29, 1.82) is 0 Å². The Morgan fingerprint density at radius 1 is 1.15 bits per heavy atom. The number of ether oxygens (including phenoxy) is 1. The summed E-state index contributed by atoms with van der Waals surface area (Å²) in [7, 11) is 0. The van der Waals surface area contributed by atoms with E-state index in [1.807, 2.05) is 19.1 Å². The van der Waals surface area contributed by atoms with Crippen LogP contribution in [0.25, 0.3) is 5.65 Å². The predicted octanol–water partition coefficient (Wildman–Crippen LogP) is 3.12. The van der Waals surface area contributed by atoms with Gasteiger partial charge in [0.2, 0.25) is 0 Å². The van der Waals surface area contributed by atoms with Gasteiger partial charge in [-0.25, -0.2) is 4.98 Å². The van der Waals surface area contributed by atoms with Crippen LogP contribution in [0, 0.1) is 36.5 Å². The van der Waals surface area contributed by atoms with Crippen LogP contribution in [0.4, 0.5) is 0 Å². The van der Waals surface area contributed by atoms with Gasteiger partial charge < -0.3 is 4.74 Å². The first kappa shape index (κ1) is 16.0. The van der Waals surface area contributed by atoms with E-state index in [-0.39, 0.29) is 24.1 Å². The highest BCUT2D eigenvalue weighted by molar-refractivity contribution is 5.73. The van der Waals surface area contributed by atoms with Crippen LogP contribution in [0.15, 0.2) is 29.2 Å². The van der Waals surface area contributed by atoms with Gasteiger partial charge in [-0.05, 0) is 74.3 Å². The van der Waals surface area contributed by atoms with Crippen molar-refractivity contribution in [2.45, 2.75) is 45.6 Å². The summed E-state index contributed by atoms with van der Waals surface area (Å²) in [6.07, 6.45) is 7.93. The van der Waals surface area contributed by atoms with Gasteiger partial charge in [-0.3, -0.25) is 14.0 Å². The number of rotatable bonds is 3. The second-order valence-electron chi connectivity index (χ2n) is 8.58. The third kappa shape index (κ3) is 2.65. The summed E-state index contributed by atoms with van der Waals surface area (Å²) in [5.41, 5.74) is 1.97. The van der Waals surface area contributed by atoms with E-state index < -0.39 is 0 Å². The number of hydrogen-bond donors (Lipinski definition) is 0. The molecule has 2 heterocycles. The van der Waals surface area contributed by atoms with Gasteiger partial charge in [-0.15, -0.1) is 0 Å². The molecular formula is C21H24N2O3.